The Balaban J connectivity index is 1.14. The molecular weight excluding hydrogens is 592 g/mol. The van der Waals surface area contributed by atoms with E-state index in [2.05, 4.69) is 79.0 Å². The van der Waals surface area contributed by atoms with Crippen molar-refractivity contribution in [1.29, 1.82) is 0 Å². The molecule has 0 aliphatic heterocycles. The Bertz CT molecular complexity index is 1850. The molecule has 0 aliphatic rings. The van der Waals surface area contributed by atoms with Crippen molar-refractivity contribution >= 4 is 45.5 Å². The van der Waals surface area contributed by atoms with Gasteiger partial charge in [-0.05, 0) is 147 Å². The van der Waals surface area contributed by atoms with Crippen molar-refractivity contribution in [2.75, 3.05) is 0 Å². The first-order valence-electron chi connectivity index (χ1n) is 16.7. The SMILES string of the molecule is CCCCc1ccc(N=Nc2ccc(N=Nc3ccc(N=Nc4cc(C)c(N=Nc5ccc(CCCC)cc5)c(C)c4)cc3)cc2)cc1. The first kappa shape index (κ1) is 33.9. The molecule has 0 fully saturated rings. The van der Waals surface area contributed by atoms with E-state index in [0.29, 0.717) is 0 Å². The maximum absolute atomic E-state index is 4.53. The number of benzene rings is 5. The zero-order chi connectivity index (χ0) is 33.6. The minimum absolute atomic E-state index is 0.720. The monoisotopic (exact) mass is 634 g/mol. The molecule has 0 spiro atoms. The van der Waals surface area contributed by atoms with Crippen LogP contribution in [0.4, 0.5) is 45.5 Å². The number of nitrogens with zero attached hydrogens (tertiary/aromatic N) is 8. The van der Waals surface area contributed by atoms with Crippen LogP contribution < -0.4 is 0 Å². The Morgan fingerprint density at radius 2 is 0.625 bits per heavy atom. The van der Waals surface area contributed by atoms with Gasteiger partial charge in [-0.2, -0.15) is 40.9 Å². The minimum Gasteiger partial charge on any atom is -0.151 e. The number of rotatable bonds is 14. The Morgan fingerprint density at radius 1 is 0.354 bits per heavy atom. The van der Waals surface area contributed by atoms with E-state index in [-0.39, 0.29) is 0 Å². The fraction of sp³-hybridized carbons (Fsp3) is 0.250. The highest BCUT2D eigenvalue weighted by Crippen LogP contribution is 2.32. The van der Waals surface area contributed by atoms with Crippen LogP contribution in [0.1, 0.15) is 61.8 Å². The van der Waals surface area contributed by atoms with Gasteiger partial charge in [-0.3, -0.25) is 0 Å². The highest BCUT2D eigenvalue weighted by Gasteiger charge is 2.05. The summed E-state index contributed by atoms with van der Waals surface area (Å²) in [5, 5.41) is 35.3. The Kier molecular flexibility index (Phi) is 12.3. The highest BCUT2D eigenvalue weighted by atomic mass is 15.1. The average molecular weight is 635 g/mol. The van der Waals surface area contributed by atoms with Crippen LogP contribution in [0, 0.1) is 13.8 Å². The van der Waals surface area contributed by atoms with E-state index in [0.717, 1.165) is 69.5 Å². The van der Waals surface area contributed by atoms with Crippen molar-refractivity contribution in [1.82, 2.24) is 0 Å². The van der Waals surface area contributed by atoms with Crippen LogP contribution in [0.25, 0.3) is 0 Å². The molecule has 0 aromatic heterocycles. The van der Waals surface area contributed by atoms with Gasteiger partial charge in [-0.15, -0.1) is 0 Å². The minimum atomic E-state index is 0.720. The largest absolute Gasteiger partial charge is 0.151 e. The van der Waals surface area contributed by atoms with E-state index < -0.39 is 0 Å². The number of aryl methyl sites for hydroxylation is 4. The maximum Gasteiger partial charge on any atom is 0.0916 e. The average Bonchev–Trinajstić information content (AvgIpc) is 3.12. The molecule has 5 rings (SSSR count). The van der Waals surface area contributed by atoms with Gasteiger partial charge in [0.2, 0.25) is 0 Å². The topological polar surface area (TPSA) is 98.9 Å². The third-order valence-corrected chi connectivity index (χ3v) is 7.79. The highest BCUT2D eigenvalue weighted by molar-refractivity contribution is 5.59. The van der Waals surface area contributed by atoms with Crippen LogP contribution in [0.5, 0.6) is 0 Å². The van der Waals surface area contributed by atoms with Gasteiger partial charge in [0.1, 0.15) is 0 Å². The Morgan fingerprint density at radius 3 is 0.938 bits per heavy atom. The molecule has 0 atom stereocenters. The van der Waals surface area contributed by atoms with Crippen LogP contribution in [-0.4, -0.2) is 0 Å². The fourth-order valence-electron chi connectivity index (χ4n) is 4.99. The number of unbranched alkanes of at least 4 members (excludes halogenated alkanes) is 2. The van der Waals surface area contributed by atoms with Gasteiger partial charge < -0.3 is 0 Å². The van der Waals surface area contributed by atoms with Gasteiger partial charge in [0.25, 0.3) is 0 Å². The molecule has 5 aromatic carbocycles. The summed E-state index contributed by atoms with van der Waals surface area (Å²) >= 11 is 0. The van der Waals surface area contributed by atoms with Crippen molar-refractivity contribution in [2.45, 2.75) is 66.2 Å². The number of hydrogen-bond acceptors (Lipinski definition) is 8. The van der Waals surface area contributed by atoms with Crippen LogP contribution in [0.15, 0.2) is 150 Å². The predicted octanol–water partition coefficient (Wildman–Crippen LogP) is 14.7. The summed E-state index contributed by atoms with van der Waals surface area (Å²) in [6.07, 6.45) is 6.97. The second kappa shape index (κ2) is 17.4. The summed E-state index contributed by atoms with van der Waals surface area (Å²) in [4.78, 5) is 0. The van der Waals surface area contributed by atoms with Crippen molar-refractivity contribution in [3.05, 3.63) is 131 Å². The summed E-state index contributed by atoms with van der Waals surface area (Å²) in [6.45, 7) is 8.44. The van der Waals surface area contributed by atoms with E-state index in [1.165, 1.54) is 36.8 Å². The van der Waals surface area contributed by atoms with Gasteiger partial charge in [-0.1, -0.05) is 51.0 Å². The van der Waals surface area contributed by atoms with Crippen LogP contribution in [0.2, 0.25) is 0 Å². The van der Waals surface area contributed by atoms with Crippen molar-refractivity contribution in [3.63, 3.8) is 0 Å². The summed E-state index contributed by atoms with van der Waals surface area (Å²) in [5.74, 6) is 0. The first-order chi connectivity index (χ1) is 23.5. The van der Waals surface area contributed by atoms with E-state index in [1.807, 2.05) is 98.8 Å². The van der Waals surface area contributed by atoms with Gasteiger partial charge >= 0.3 is 0 Å². The van der Waals surface area contributed by atoms with Gasteiger partial charge in [0.05, 0.1) is 45.5 Å². The lowest BCUT2D eigenvalue weighted by Crippen LogP contribution is -1.83. The van der Waals surface area contributed by atoms with Crippen LogP contribution in [-0.2, 0) is 12.8 Å². The second-order valence-electron chi connectivity index (χ2n) is 11.8. The molecular formula is C40H42N8. The maximum atomic E-state index is 4.53. The normalized spacial score (nSPS) is 11.9. The first-order valence-corrected chi connectivity index (χ1v) is 16.7. The molecule has 8 nitrogen and oxygen atoms in total. The number of azo groups is 4. The Hall–Kier alpha value is -5.50. The zero-order valence-electron chi connectivity index (χ0n) is 28.2. The molecule has 0 radical (unpaired) electrons. The number of hydrogen-bond donors (Lipinski definition) is 0. The molecule has 8 heteroatoms. The second-order valence-corrected chi connectivity index (χ2v) is 11.8. The summed E-state index contributed by atoms with van der Waals surface area (Å²) < 4.78 is 0. The summed E-state index contributed by atoms with van der Waals surface area (Å²) in [6, 6.07) is 35.5. The molecule has 0 saturated heterocycles. The molecule has 0 aliphatic carbocycles. The Labute approximate surface area is 283 Å². The van der Waals surface area contributed by atoms with Gasteiger partial charge in [0, 0.05) is 0 Å². The fourth-order valence-corrected chi connectivity index (χ4v) is 4.99. The predicted molar refractivity (Wildman–Crippen MR) is 196 cm³/mol. The molecule has 0 saturated carbocycles. The third kappa shape index (κ3) is 10.3. The molecule has 0 amide bonds. The summed E-state index contributed by atoms with van der Waals surface area (Å²) in [5.41, 5.74) is 10.9. The van der Waals surface area contributed by atoms with E-state index in [4.69, 9.17) is 0 Å². The van der Waals surface area contributed by atoms with Crippen molar-refractivity contribution < 1.29 is 0 Å². The quantitative estimate of drug-likeness (QED) is 0.109. The lowest BCUT2D eigenvalue weighted by atomic mass is 10.1. The summed E-state index contributed by atoms with van der Waals surface area (Å²) in [7, 11) is 0. The smallest absolute Gasteiger partial charge is 0.0916 e. The molecule has 0 heterocycles. The lowest BCUT2D eigenvalue weighted by molar-refractivity contribution is 0.795. The lowest BCUT2D eigenvalue weighted by Gasteiger charge is -2.05. The molecule has 5 aromatic rings. The molecule has 0 unspecified atom stereocenters. The van der Waals surface area contributed by atoms with Crippen molar-refractivity contribution in [3.8, 4) is 0 Å². The molecule has 48 heavy (non-hydrogen) atoms. The van der Waals surface area contributed by atoms with Crippen LogP contribution >= 0.6 is 0 Å². The molecule has 0 N–H and O–H groups in total. The van der Waals surface area contributed by atoms with Crippen LogP contribution in [0.3, 0.4) is 0 Å². The van der Waals surface area contributed by atoms with Gasteiger partial charge in [0.15, 0.2) is 0 Å². The van der Waals surface area contributed by atoms with E-state index in [9.17, 15) is 0 Å². The van der Waals surface area contributed by atoms with Gasteiger partial charge in [-0.25, -0.2) is 0 Å². The standard InChI is InChI=1S/C40H42N8/c1-5-7-9-31-11-15-33(16-12-31)41-42-35-19-21-36(22-20-35)43-44-37-23-25-38(26-24-37)45-47-39-27-29(3)40(30(4)28-39)48-46-34-17-13-32(14-18-34)10-8-6-2/h11-28H,5-10H2,1-4H3. The zero-order valence-corrected chi connectivity index (χ0v) is 28.2. The van der Waals surface area contributed by atoms with Crippen molar-refractivity contribution in [2.24, 2.45) is 40.9 Å². The van der Waals surface area contributed by atoms with E-state index in [1.54, 1.807) is 0 Å². The molecule has 0 bridgehead atoms. The van der Waals surface area contributed by atoms with E-state index >= 15 is 0 Å². The molecule has 242 valence electrons. The third-order valence-electron chi connectivity index (χ3n) is 7.79.